The molecule has 0 atom stereocenters. The molecule has 3 aromatic heterocycles. The summed E-state index contributed by atoms with van der Waals surface area (Å²) in [6.45, 7) is 10.7. The molecule has 7 nitrogen and oxygen atoms in total. The number of ether oxygens (including phenoxy) is 3. The molecule has 0 saturated heterocycles. The summed E-state index contributed by atoms with van der Waals surface area (Å²) in [5.74, 6) is 3.73. The van der Waals surface area contributed by atoms with Crippen molar-refractivity contribution in [3.8, 4) is 45.6 Å². The van der Waals surface area contributed by atoms with Crippen LogP contribution in [0, 0.1) is 19.1 Å². The maximum absolute atomic E-state index is 6.48. The van der Waals surface area contributed by atoms with Crippen molar-refractivity contribution in [3.05, 3.63) is 120 Å². The molecular formula is C41H38N4O3Pd. The molecule has 0 spiro atoms. The van der Waals surface area contributed by atoms with Gasteiger partial charge in [-0.2, -0.15) is 17.2 Å². The molecular weight excluding hydrogens is 703 g/mol. The molecule has 0 aliphatic carbocycles. The zero-order chi connectivity index (χ0) is 33.5. The van der Waals surface area contributed by atoms with E-state index in [2.05, 4.69) is 81.7 Å². The van der Waals surface area contributed by atoms with Crippen molar-refractivity contribution in [2.24, 2.45) is 0 Å². The second-order valence-electron chi connectivity index (χ2n) is 12.5. The molecule has 3 heterocycles. The van der Waals surface area contributed by atoms with Gasteiger partial charge in [0.1, 0.15) is 17.3 Å². The summed E-state index contributed by atoms with van der Waals surface area (Å²) in [6, 6.07) is 35.3. The van der Waals surface area contributed by atoms with E-state index in [-0.39, 0.29) is 32.3 Å². The Labute approximate surface area is 301 Å². The summed E-state index contributed by atoms with van der Waals surface area (Å²) < 4.78 is 22.3. The Morgan fingerprint density at radius 3 is 2.12 bits per heavy atom. The molecule has 250 valence electrons. The summed E-state index contributed by atoms with van der Waals surface area (Å²) in [5, 5.41) is 7.41. The van der Waals surface area contributed by atoms with Gasteiger partial charge in [0.2, 0.25) is 0 Å². The van der Waals surface area contributed by atoms with Crippen molar-refractivity contribution >= 4 is 21.8 Å². The number of aryl methyl sites for hydroxylation is 1. The van der Waals surface area contributed by atoms with E-state index in [4.69, 9.17) is 24.3 Å². The number of hydrogen-bond acceptors (Lipinski definition) is 5. The van der Waals surface area contributed by atoms with Crippen LogP contribution in [-0.4, -0.2) is 33.6 Å². The van der Waals surface area contributed by atoms with Gasteiger partial charge in [0, 0.05) is 28.8 Å². The number of hydrogen-bond donors (Lipinski definition) is 0. The van der Waals surface area contributed by atoms with Crippen molar-refractivity contribution in [3.63, 3.8) is 0 Å². The van der Waals surface area contributed by atoms with Gasteiger partial charge < -0.3 is 18.8 Å². The number of methoxy groups -OCH3 is 2. The molecule has 0 radical (unpaired) electrons. The summed E-state index contributed by atoms with van der Waals surface area (Å²) in [4.78, 5) is 4.70. The fraction of sp³-hybridized carbons (Fsp3) is 0.220. The fourth-order valence-electron chi connectivity index (χ4n) is 6.48. The van der Waals surface area contributed by atoms with Crippen LogP contribution in [0.15, 0.2) is 91.1 Å². The van der Waals surface area contributed by atoms with Crippen LogP contribution in [0.1, 0.15) is 56.5 Å². The van der Waals surface area contributed by atoms with Crippen molar-refractivity contribution in [1.29, 1.82) is 0 Å². The van der Waals surface area contributed by atoms with Crippen LogP contribution in [0.3, 0.4) is 0 Å². The Balaban J connectivity index is 0.00000417. The molecule has 49 heavy (non-hydrogen) atoms. The number of fused-ring (bicyclic) bond motifs is 3. The van der Waals surface area contributed by atoms with E-state index in [1.807, 2.05) is 65.5 Å². The van der Waals surface area contributed by atoms with Crippen LogP contribution in [0.4, 0.5) is 0 Å². The maximum Gasteiger partial charge on any atom is 2.00 e. The standard InChI is InChI=1S/C41H38N4O3.Pd/c1-25(2)40-39(38-35(46-6)16-11-17-36(38)47-7)41(26(3)4)45(43-40)28-12-10-13-29(23-28)48-30-18-19-32-31-14-8-9-15-33(31)44(34(32)24-30)37-22-27(5)20-21-42-37;/h8-22,25-26H,1-7H3;/q-2;+2. The quantitative estimate of drug-likeness (QED) is 0.109. The maximum atomic E-state index is 6.48. The van der Waals surface area contributed by atoms with E-state index >= 15 is 0 Å². The molecule has 0 unspecified atom stereocenters. The molecule has 7 rings (SSSR count). The number of pyridine rings is 1. The number of nitrogens with zero attached hydrogens (tertiary/aromatic N) is 4. The molecule has 0 N–H and O–H groups in total. The number of rotatable bonds is 9. The number of aromatic nitrogens is 4. The SMILES string of the molecule is COc1cccc(OC)c1-c1c(C(C)C)nn(-c2[c-]c(Oc3[c-]c4c(cc3)c3ccccc3n4-c3cc(C)ccn3)ccc2)c1C(C)C.[Pd+2]. The normalized spacial score (nSPS) is 11.4. The van der Waals surface area contributed by atoms with Crippen LogP contribution in [0.5, 0.6) is 23.0 Å². The first-order chi connectivity index (χ1) is 23.3. The van der Waals surface area contributed by atoms with E-state index in [0.717, 1.165) is 72.9 Å². The fourth-order valence-corrected chi connectivity index (χ4v) is 6.48. The molecule has 8 heteroatoms. The van der Waals surface area contributed by atoms with E-state index in [1.54, 1.807) is 14.2 Å². The first kappa shape index (κ1) is 34.0. The molecule has 4 aromatic carbocycles. The average molecular weight is 741 g/mol. The number of benzene rings is 4. The summed E-state index contributed by atoms with van der Waals surface area (Å²) in [5.41, 5.74) is 7.79. The zero-order valence-corrected chi connectivity index (χ0v) is 30.2. The third-order valence-corrected chi connectivity index (χ3v) is 8.61. The third-order valence-electron chi connectivity index (χ3n) is 8.61. The zero-order valence-electron chi connectivity index (χ0n) is 28.6. The van der Waals surface area contributed by atoms with E-state index in [9.17, 15) is 0 Å². The molecule has 0 aliphatic rings. The minimum Gasteiger partial charge on any atom is -0.509 e. The summed E-state index contributed by atoms with van der Waals surface area (Å²) in [7, 11) is 3.37. The van der Waals surface area contributed by atoms with Crippen LogP contribution >= 0.6 is 0 Å². The largest absolute Gasteiger partial charge is 2.00 e. The Morgan fingerprint density at radius 2 is 1.43 bits per heavy atom. The average Bonchev–Trinajstić information content (AvgIpc) is 3.65. The van der Waals surface area contributed by atoms with Crippen molar-refractivity contribution in [2.75, 3.05) is 14.2 Å². The molecule has 0 aliphatic heterocycles. The Hall–Kier alpha value is -4.90. The minimum atomic E-state index is 0. The van der Waals surface area contributed by atoms with Gasteiger partial charge in [0.15, 0.2) is 0 Å². The first-order valence-corrected chi connectivity index (χ1v) is 16.2. The van der Waals surface area contributed by atoms with Gasteiger partial charge in [-0.05, 0) is 65.7 Å². The summed E-state index contributed by atoms with van der Waals surface area (Å²) >= 11 is 0. The Kier molecular flexibility index (Phi) is 9.65. The molecule has 7 aromatic rings. The monoisotopic (exact) mass is 740 g/mol. The van der Waals surface area contributed by atoms with Gasteiger partial charge in [-0.15, -0.1) is 35.7 Å². The van der Waals surface area contributed by atoms with Crippen LogP contribution in [-0.2, 0) is 20.4 Å². The Morgan fingerprint density at radius 1 is 0.714 bits per heavy atom. The Bertz CT molecular complexity index is 2260. The van der Waals surface area contributed by atoms with Gasteiger partial charge in [-0.3, -0.25) is 4.68 Å². The van der Waals surface area contributed by atoms with Gasteiger partial charge in [-0.1, -0.05) is 57.5 Å². The van der Waals surface area contributed by atoms with Crippen molar-refractivity contribution in [2.45, 2.75) is 46.5 Å². The van der Waals surface area contributed by atoms with Gasteiger partial charge in [0.05, 0.1) is 31.2 Å². The van der Waals surface area contributed by atoms with E-state index in [0.29, 0.717) is 11.5 Å². The second kappa shape index (κ2) is 13.9. The predicted molar refractivity (Wildman–Crippen MR) is 191 cm³/mol. The van der Waals surface area contributed by atoms with E-state index < -0.39 is 0 Å². The molecule has 0 saturated carbocycles. The first-order valence-electron chi connectivity index (χ1n) is 16.2. The van der Waals surface area contributed by atoms with Crippen molar-refractivity contribution in [1.82, 2.24) is 19.3 Å². The van der Waals surface area contributed by atoms with E-state index in [1.165, 1.54) is 0 Å². The number of para-hydroxylation sites is 1. The van der Waals surface area contributed by atoms with Crippen LogP contribution in [0.2, 0.25) is 0 Å². The second-order valence-corrected chi connectivity index (χ2v) is 12.5. The van der Waals surface area contributed by atoms with Gasteiger partial charge in [0.25, 0.3) is 0 Å². The smallest absolute Gasteiger partial charge is 0.509 e. The molecule has 0 bridgehead atoms. The van der Waals surface area contributed by atoms with Gasteiger partial charge in [-0.25, -0.2) is 4.98 Å². The topological polar surface area (TPSA) is 63.3 Å². The minimum absolute atomic E-state index is 0. The summed E-state index contributed by atoms with van der Waals surface area (Å²) in [6.07, 6.45) is 1.84. The van der Waals surface area contributed by atoms with Crippen molar-refractivity contribution < 1.29 is 34.6 Å². The predicted octanol–water partition coefficient (Wildman–Crippen LogP) is 9.99. The van der Waals surface area contributed by atoms with Crippen LogP contribution in [0.25, 0.3) is 44.4 Å². The third kappa shape index (κ3) is 6.12. The van der Waals surface area contributed by atoms with Gasteiger partial charge >= 0.3 is 20.4 Å². The molecule has 0 fully saturated rings. The van der Waals surface area contributed by atoms with Crippen LogP contribution < -0.4 is 14.2 Å². The molecule has 0 amide bonds.